The van der Waals surface area contributed by atoms with E-state index in [1.54, 1.807) is 25.1 Å². The second-order valence-electron chi connectivity index (χ2n) is 4.76. The lowest BCUT2D eigenvalue weighted by Gasteiger charge is -2.11. The number of nitrogens with zero attached hydrogens (tertiary/aromatic N) is 2. The van der Waals surface area contributed by atoms with E-state index in [1.807, 2.05) is 13.8 Å². The fraction of sp³-hybridized carbons (Fsp3) is 0.286. The highest BCUT2D eigenvalue weighted by Crippen LogP contribution is 2.24. The van der Waals surface area contributed by atoms with Gasteiger partial charge in [-0.2, -0.15) is 4.98 Å². The molecule has 1 aromatic heterocycles. The fourth-order valence-electron chi connectivity index (χ4n) is 1.59. The lowest BCUT2D eigenvalue weighted by molar-refractivity contribution is 0.452. The van der Waals surface area contributed by atoms with Gasteiger partial charge in [0.2, 0.25) is 5.88 Å². The normalized spacial score (nSPS) is 10.7. The quantitative estimate of drug-likeness (QED) is 0.663. The van der Waals surface area contributed by atoms with Crippen molar-refractivity contribution < 1.29 is 9.13 Å². The zero-order valence-electron chi connectivity index (χ0n) is 11.6. The van der Waals surface area contributed by atoms with Gasteiger partial charge in [-0.05, 0) is 18.6 Å². The van der Waals surface area contributed by atoms with Gasteiger partial charge in [0.15, 0.2) is 0 Å². The van der Waals surface area contributed by atoms with Gasteiger partial charge in [-0.1, -0.05) is 19.9 Å². The van der Waals surface area contributed by atoms with Crippen molar-refractivity contribution in [3.63, 3.8) is 0 Å². The number of aromatic nitrogens is 2. The second kappa shape index (κ2) is 5.83. The molecule has 0 unspecified atom stereocenters. The monoisotopic (exact) mass is 276 g/mol. The van der Waals surface area contributed by atoms with E-state index >= 15 is 0 Å². The molecule has 3 N–H and O–H groups in total. The first-order valence-electron chi connectivity index (χ1n) is 6.29. The number of rotatable bonds is 4. The molecule has 0 amide bonds. The third kappa shape index (κ3) is 3.21. The second-order valence-corrected chi connectivity index (χ2v) is 4.76. The molecule has 0 bridgehead atoms. The van der Waals surface area contributed by atoms with Crippen molar-refractivity contribution in [3.8, 4) is 11.6 Å². The summed E-state index contributed by atoms with van der Waals surface area (Å²) in [4.78, 5) is 8.50. The Hall–Kier alpha value is -2.21. The third-order valence-corrected chi connectivity index (χ3v) is 2.75. The van der Waals surface area contributed by atoms with Crippen LogP contribution >= 0.6 is 0 Å². The van der Waals surface area contributed by atoms with Crippen molar-refractivity contribution in [2.75, 3.05) is 5.43 Å². The number of aryl methyl sites for hydroxylation is 1. The predicted molar refractivity (Wildman–Crippen MR) is 75.1 cm³/mol. The van der Waals surface area contributed by atoms with Gasteiger partial charge in [-0.3, -0.25) is 0 Å². The molecule has 0 saturated carbocycles. The van der Waals surface area contributed by atoms with E-state index in [9.17, 15) is 4.39 Å². The van der Waals surface area contributed by atoms with Gasteiger partial charge in [0.05, 0.1) is 0 Å². The topological polar surface area (TPSA) is 73.1 Å². The van der Waals surface area contributed by atoms with E-state index in [2.05, 4.69) is 15.4 Å². The average molecular weight is 276 g/mol. The molecule has 0 radical (unpaired) electrons. The van der Waals surface area contributed by atoms with E-state index in [0.717, 1.165) is 0 Å². The van der Waals surface area contributed by atoms with E-state index in [0.29, 0.717) is 28.8 Å². The molecule has 20 heavy (non-hydrogen) atoms. The van der Waals surface area contributed by atoms with Crippen molar-refractivity contribution in [2.45, 2.75) is 26.7 Å². The molecule has 0 saturated heterocycles. The van der Waals surface area contributed by atoms with Crippen LogP contribution in [0, 0.1) is 12.7 Å². The van der Waals surface area contributed by atoms with Gasteiger partial charge in [-0.15, -0.1) is 0 Å². The SMILES string of the molecule is Cc1ccc(Oc2cc(NN)nc(C(C)C)n2)cc1F. The lowest BCUT2D eigenvalue weighted by atomic mass is 10.2. The number of hydrogen-bond acceptors (Lipinski definition) is 5. The van der Waals surface area contributed by atoms with Crippen molar-refractivity contribution >= 4 is 5.82 Å². The molecule has 0 spiro atoms. The summed E-state index contributed by atoms with van der Waals surface area (Å²) in [6, 6.07) is 6.22. The number of nitrogens with one attached hydrogen (secondary N) is 1. The van der Waals surface area contributed by atoms with Crippen LogP contribution in [0.1, 0.15) is 31.2 Å². The van der Waals surface area contributed by atoms with Gasteiger partial charge in [0, 0.05) is 18.1 Å². The van der Waals surface area contributed by atoms with Crippen molar-refractivity contribution in [2.24, 2.45) is 5.84 Å². The fourth-order valence-corrected chi connectivity index (χ4v) is 1.59. The van der Waals surface area contributed by atoms with Crippen LogP contribution < -0.4 is 16.0 Å². The van der Waals surface area contributed by atoms with E-state index < -0.39 is 0 Å². The Labute approximate surface area is 117 Å². The molecule has 1 heterocycles. The van der Waals surface area contributed by atoms with Crippen LogP contribution in [0.5, 0.6) is 11.6 Å². The number of hydrazine groups is 1. The number of nitrogen functional groups attached to an aromatic ring is 1. The Bertz CT molecular complexity index is 616. The summed E-state index contributed by atoms with van der Waals surface area (Å²) in [6.07, 6.45) is 0. The summed E-state index contributed by atoms with van der Waals surface area (Å²) in [6.45, 7) is 5.62. The zero-order chi connectivity index (χ0) is 14.7. The number of halogens is 1. The molecule has 0 aliphatic rings. The van der Waals surface area contributed by atoms with Gasteiger partial charge in [0.1, 0.15) is 23.2 Å². The average Bonchev–Trinajstić information content (AvgIpc) is 2.42. The van der Waals surface area contributed by atoms with Gasteiger partial charge >= 0.3 is 0 Å². The Morgan fingerprint density at radius 2 is 2.00 bits per heavy atom. The first kappa shape index (κ1) is 14.2. The van der Waals surface area contributed by atoms with Crippen LogP contribution in [0.2, 0.25) is 0 Å². The summed E-state index contributed by atoms with van der Waals surface area (Å²) in [5.74, 6) is 6.92. The molecule has 5 nitrogen and oxygen atoms in total. The minimum atomic E-state index is -0.321. The van der Waals surface area contributed by atoms with E-state index in [-0.39, 0.29) is 11.7 Å². The number of benzene rings is 1. The zero-order valence-corrected chi connectivity index (χ0v) is 11.6. The summed E-state index contributed by atoms with van der Waals surface area (Å²) in [5.41, 5.74) is 3.03. The van der Waals surface area contributed by atoms with Gasteiger partial charge < -0.3 is 10.2 Å². The van der Waals surface area contributed by atoms with Crippen LogP contribution in [0.3, 0.4) is 0 Å². The van der Waals surface area contributed by atoms with Crippen LogP contribution in [0.4, 0.5) is 10.2 Å². The summed E-state index contributed by atoms with van der Waals surface area (Å²) in [7, 11) is 0. The van der Waals surface area contributed by atoms with Gasteiger partial charge in [0.25, 0.3) is 0 Å². The Morgan fingerprint density at radius 1 is 1.25 bits per heavy atom. The van der Waals surface area contributed by atoms with E-state index in [1.165, 1.54) is 6.07 Å². The van der Waals surface area contributed by atoms with Crippen molar-refractivity contribution in [1.29, 1.82) is 0 Å². The molecule has 0 atom stereocenters. The molecule has 6 heteroatoms. The number of nitrogens with two attached hydrogens (primary N) is 1. The first-order chi connectivity index (χ1) is 9.49. The maximum Gasteiger partial charge on any atom is 0.224 e. The standard InChI is InChI=1S/C14H17FN4O/c1-8(2)14-17-12(19-16)7-13(18-14)20-10-5-4-9(3)11(15)6-10/h4-8H,16H2,1-3H3,(H,17,18,19). The highest BCUT2D eigenvalue weighted by Gasteiger charge is 2.10. The molecule has 106 valence electrons. The molecule has 0 aliphatic heterocycles. The highest BCUT2D eigenvalue weighted by molar-refractivity contribution is 5.39. The summed E-state index contributed by atoms with van der Waals surface area (Å²) >= 11 is 0. The number of ether oxygens (including phenoxy) is 1. The van der Waals surface area contributed by atoms with Crippen LogP contribution in [-0.4, -0.2) is 9.97 Å². The molecule has 0 fully saturated rings. The summed E-state index contributed by atoms with van der Waals surface area (Å²) in [5, 5.41) is 0. The maximum atomic E-state index is 13.5. The third-order valence-electron chi connectivity index (χ3n) is 2.75. The Kier molecular flexibility index (Phi) is 4.14. The number of hydrogen-bond donors (Lipinski definition) is 2. The summed E-state index contributed by atoms with van der Waals surface area (Å²) < 4.78 is 19.1. The van der Waals surface area contributed by atoms with Crippen LogP contribution in [0.15, 0.2) is 24.3 Å². The first-order valence-corrected chi connectivity index (χ1v) is 6.29. The molecule has 0 aliphatic carbocycles. The van der Waals surface area contributed by atoms with E-state index in [4.69, 9.17) is 10.6 Å². The largest absolute Gasteiger partial charge is 0.439 e. The smallest absolute Gasteiger partial charge is 0.224 e. The van der Waals surface area contributed by atoms with Crippen molar-refractivity contribution in [3.05, 3.63) is 41.5 Å². The van der Waals surface area contributed by atoms with Crippen LogP contribution in [0.25, 0.3) is 0 Å². The Morgan fingerprint density at radius 3 is 2.60 bits per heavy atom. The predicted octanol–water partition coefficient (Wildman–Crippen LogP) is 3.13. The minimum absolute atomic E-state index is 0.125. The lowest BCUT2D eigenvalue weighted by Crippen LogP contribution is -2.11. The molecular weight excluding hydrogens is 259 g/mol. The molecule has 2 aromatic rings. The Balaban J connectivity index is 2.32. The molecule has 1 aromatic carbocycles. The van der Waals surface area contributed by atoms with Crippen LogP contribution in [-0.2, 0) is 0 Å². The van der Waals surface area contributed by atoms with Gasteiger partial charge in [-0.25, -0.2) is 15.2 Å². The number of anilines is 1. The highest BCUT2D eigenvalue weighted by atomic mass is 19.1. The minimum Gasteiger partial charge on any atom is -0.439 e. The molecular formula is C14H17FN4O. The maximum absolute atomic E-state index is 13.5. The van der Waals surface area contributed by atoms with Crippen molar-refractivity contribution in [1.82, 2.24) is 9.97 Å². The molecule has 2 rings (SSSR count).